The van der Waals surface area contributed by atoms with Gasteiger partial charge in [-0.25, -0.2) is 13.4 Å². The van der Waals surface area contributed by atoms with E-state index in [0.29, 0.717) is 25.5 Å². The average Bonchev–Trinajstić information content (AvgIpc) is 2.85. The van der Waals surface area contributed by atoms with Crippen molar-refractivity contribution in [3.8, 4) is 0 Å². The normalized spacial score (nSPS) is 21.6. The Morgan fingerprint density at radius 3 is 2.71 bits per heavy atom. The lowest BCUT2D eigenvalue weighted by Gasteiger charge is -2.31. The van der Waals surface area contributed by atoms with Gasteiger partial charge in [-0.3, -0.25) is 10.00 Å². The molecule has 1 aliphatic heterocycles. The molecule has 21 heavy (non-hydrogen) atoms. The lowest BCUT2D eigenvalue weighted by atomic mass is 9.96. The third-order valence-electron chi connectivity index (χ3n) is 3.41. The first-order chi connectivity index (χ1) is 9.65. The number of H-pyrrole nitrogens is 1. The van der Waals surface area contributed by atoms with Gasteiger partial charge >= 0.3 is 0 Å². The van der Waals surface area contributed by atoms with Crippen molar-refractivity contribution < 1.29 is 13.2 Å². The third kappa shape index (κ3) is 4.76. The van der Waals surface area contributed by atoms with E-state index in [9.17, 15) is 8.42 Å². The van der Waals surface area contributed by atoms with E-state index in [1.807, 2.05) is 0 Å². The van der Waals surface area contributed by atoms with Gasteiger partial charge in [0.1, 0.15) is 15.9 Å². The van der Waals surface area contributed by atoms with Crippen molar-refractivity contribution in [1.82, 2.24) is 20.1 Å². The van der Waals surface area contributed by atoms with E-state index < -0.39 is 9.84 Å². The van der Waals surface area contributed by atoms with Crippen molar-refractivity contribution in [2.45, 2.75) is 32.3 Å². The van der Waals surface area contributed by atoms with E-state index in [1.54, 1.807) is 0 Å². The molecule has 1 saturated heterocycles. The number of aromatic nitrogens is 3. The molecule has 0 amide bonds. The van der Waals surface area contributed by atoms with Gasteiger partial charge in [-0.15, -0.1) is 0 Å². The van der Waals surface area contributed by atoms with E-state index >= 15 is 0 Å². The number of nitrogens with one attached hydrogen (secondary N) is 1. The molecule has 1 fully saturated rings. The van der Waals surface area contributed by atoms with Crippen LogP contribution >= 0.6 is 0 Å². The predicted octanol–water partition coefficient (Wildman–Crippen LogP) is 0.520. The maximum absolute atomic E-state index is 11.3. The number of aromatic amines is 1. The summed E-state index contributed by atoms with van der Waals surface area (Å²) in [5, 5.41) is 7.19. The summed E-state index contributed by atoms with van der Waals surface area (Å²) in [7, 11) is -2.94. The van der Waals surface area contributed by atoms with Crippen LogP contribution in [0.5, 0.6) is 0 Å². The molecule has 0 saturated carbocycles. The molecule has 8 heteroatoms. The molecule has 0 aromatic carbocycles. The number of rotatable bonds is 4. The van der Waals surface area contributed by atoms with Crippen LogP contribution in [-0.2, 0) is 20.0 Å². The summed E-state index contributed by atoms with van der Waals surface area (Å²) >= 11 is 0. The maximum atomic E-state index is 11.3. The SMILES string of the molecule is CC(C)(C)c1n[nH]c(C2CN(CCS(C)(=O)=O)CCO2)n1. The van der Waals surface area contributed by atoms with Crippen molar-refractivity contribution >= 4 is 9.84 Å². The number of sulfone groups is 1. The summed E-state index contributed by atoms with van der Waals surface area (Å²) in [4.78, 5) is 6.60. The molecule has 0 bridgehead atoms. The minimum atomic E-state index is -2.94. The summed E-state index contributed by atoms with van der Waals surface area (Å²) in [6.45, 7) is 8.64. The third-order valence-corrected chi connectivity index (χ3v) is 4.33. The Balaban J connectivity index is 1.99. The van der Waals surface area contributed by atoms with Gasteiger partial charge in [-0.05, 0) is 0 Å². The zero-order valence-corrected chi connectivity index (χ0v) is 13.9. The Morgan fingerprint density at radius 1 is 1.43 bits per heavy atom. The minimum absolute atomic E-state index is 0.112. The Bertz CT molecular complexity index is 576. The van der Waals surface area contributed by atoms with Crippen molar-refractivity contribution in [2.24, 2.45) is 0 Å². The van der Waals surface area contributed by atoms with Gasteiger partial charge in [-0.2, -0.15) is 5.10 Å². The van der Waals surface area contributed by atoms with E-state index in [2.05, 4.69) is 40.9 Å². The topological polar surface area (TPSA) is 88.2 Å². The highest BCUT2D eigenvalue weighted by molar-refractivity contribution is 7.90. The fraction of sp³-hybridized carbons (Fsp3) is 0.846. The zero-order valence-electron chi connectivity index (χ0n) is 13.1. The number of morpholine rings is 1. The molecule has 2 rings (SSSR count). The van der Waals surface area contributed by atoms with E-state index in [0.717, 1.165) is 12.4 Å². The highest BCUT2D eigenvalue weighted by Gasteiger charge is 2.27. The quantitative estimate of drug-likeness (QED) is 0.871. The molecular formula is C13H24N4O3S. The molecule has 0 aliphatic carbocycles. The largest absolute Gasteiger partial charge is 0.368 e. The number of hydrogen-bond donors (Lipinski definition) is 1. The Kier molecular flexibility index (Phi) is 4.69. The average molecular weight is 316 g/mol. The van der Waals surface area contributed by atoms with Gasteiger partial charge in [0.05, 0.1) is 12.4 Å². The van der Waals surface area contributed by atoms with Crippen LogP contribution in [0.3, 0.4) is 0 Å². The first-order valence-corrected chi connectivity index (χ1v) is 9.16. The van der Waals surface area contributed by atoms with Crippen LogP contribution in [-0.4, -0.2) is 66.7 Å². The van der Waals surface area contributed by atoms with Gasteiger partial charge in [0.2, 0.25) is 0 Å². The molecule has 2 heterocycles. The Morgan fingerprint density at radius 2 is 2.14 bits per heavy atom. The first-order valence-electron chi connectivity index (χ1n) is 7.09. The van der Waals surface area contributed by atoms with Crippen LogP contribution in [0.1, 0.15) is 38.5 Å². The van der Waals surface area contributed by atoms with Gasteiger partial charge in [0.15, 0.2) is 11.6 Å². The smallest absolute Gasteiger partial charge is 0.156 e. The molecule has 1 aromatic heterocycles. The molecule has 0 spiro atoms. The fourth-order valence-electron chi connectivity index (χ4n) is 2.12. The van der Waals surface area contributed by atoms with Gasteiger partial charge in [-0.1, -0.05) is 20.8 Å². The molecule has 0 radical (unpaired) electrons. The molecule has 1 atom stereocenters. The summed E-state index contributed by atoms with van der Waals surface area (Å²) in [6.07, 6.45) is 1.08. The summed E-state index contributed by atoms with van der Waals surface area (Å²) < 4.78 is 28.2. The number of nitrogens with zero attached hydrogens (tertiary/aromatic N) is 3. The van der Waals surface area contributed by atoms with Crippen LogP contribution in [0.2, 0.25) is 0 Å². The van der Waals surface area contributed by atoms with Crippen LogP contribution in [0, 0.1) is 0 Å². The lowest BCUT2D eigenvalue weighted by molar-refractivity contribution is -0.0322. The first kappa shape index (κ1) is 16.4. The van der Waals surface area contributed by atoms with Crippen molar-refractivity contribution in [3.05, 3.63) is 11.6 Å². The summed E-state index contributed by atoms with van der Waals surface area (Å²) in [6, 6.07) is 0. The molecular weight excluding hydrogens is 292 g/mol. The molecule has 1 aliphatic rings. The highest BCUT2D eigenvalue weighted by atomic mass is 32.2. The Hall–Kier alpha value is -0.990. The summed E-state index contributed by atoms with van der Waals surface area (Å²) in [5.41, 5.74) is -0.112. The highest BCUT2D eigenvalue weighted by Crippen LogP contribution is 2.23. The van der Waals surface area contributed by atoms with E-state index in [1.165, 1.54) is 6.26 Å². The second-order valence-corrected chi connectivity index (χ2v) is 8.84. The van der Waals surface area contributed by atoms with Crippen molar-refractivity contribution in [3.63, 3.8) is 0 Å². The van der Waals surface area contributed by atoms with Crippen LogP contribution in [0.4, 0.5) is 0 Å². The lowest BCUT2D eigenvalue weighted by Crippen LogP contribution is -2.41. The second-order valence-electron chi connectivity index (χ2n) is 6.58. The number of hydrogen-bond acceptors (Lipinski definition) is 6. The molecule has 7 nitrogen and oxygen atoms in total. The predicted molar refractivity (Wildman–Crippen MR) is 79.9 cm³/mol. The number of ether oxygens (including phenoxy) is 1. The molecule has 1 N–H and O–H groups in total. The van der Waals surface area contributed by atoms with Crippen LogP contribution in [0.25, 0.3) is 0 Å². The second kappa shape index (κ2) is 6.02. The molecule has 120 valence electrons. The summed E-state index contributed by atoms with van der Waals surface area (Å²) in [5.74, 6) is 1.64. The molecule has 1 unspecified atom stereocenters. The fourth-order valence-corrected chi connectivity index (χ4v) is 2.71. The minimum Gasteiger partial charge on any atom is -0.368 e. The van der Waals surface area contributed by atoms with Gasteiger partial charge < -0.3 is 4.74 Å². The van der Waals surface area contributed by atoms with Crippen molar-refractivity contribution in [2.75, 3.05) is 38.2 Å². The zero-order chi connectivity index (χ0) is 15.7. The van der Waals surface area contributed by atoms with Gasteiger partial charge in [0.25, 0.3) is 0 Å². The van der Waals surface area contributed by atoms with Crippen LogP contribution in [0.15, 0.2) is 0 Å². The van der Waals surface area contributed by atoms with Crippen LogP contribution < -0.4 is 0 Å². The Labute approximate surface area is 126 Å². The maximum Gasteiger partial charge on any atom is 0.156 e. The van der Waals surface area contributed by atoms with Crippen molar-refractivity contribution in [1.29, 1.82) is 0 Å². The standard InChI is InChI=1S/C13H24N4O3S/c1-13(2,3)12-14-11(15-16-12)10-9-17(5-7-20-10)6-8-21(4,18)19/h10H,5-9H2,1-4H3,(H,14,15,16). The monoisotopic (exact) mass is 316 g/mol. The molecule has 1 aromatic rings. The van der Waals surface area contributed by atoms with Gasteiger partial charge in [0, 0.05) is 31.3 Å². The van der Waals surface area contributed by atoms with E-state index in [-0.39, 0.29) is 17.3 Å². The van der Waals surface area contributed by atoms with E-state index in [4.69, 9.17) is 4.74 Å².